The van der Waals surface area contributed by atoms with Crippen molar-refractivity contribution >= 4 is 9.84 Å². The van der Waals surface area contributed by atoms with Crippen molar-refractivity contribution in [2.45, 2.75) is 51.3 Å². The molecule has 1 aliphatic heterocycles. The summed E-state index contributed by atoms with van der Waals surface area (Å²) in [7, 11) is -2.76. The molecule has 0 amide bonds. The van der Waals surface area contributed by atoms with Crippen molar-refractivity contribution < 1.29 is 13.5 Å². The lowest BCUT2D eigenvalue weighted by molar-refractivity contribution is 0.167. The van der Waals surface area contributed by atoms with Crippen molar-refractivity contribution in [1.29, 1.82) is 0 Å². The number of hydrogen-bond acceptors (Lipinski definition) is 4. The van der Waals surface area contributed by atoms with Gasteiger partial charge in [0.1, 0.15) is 9.84 Å². The van der Waals surface area contributed by atoms with Crippen molar-refractivity contribution in [1.82, 2.24) is 5.32 Å². The zero-order chi connectivity index (χ0) is 11.5. The fourth-order valence-electron chi connectivity index (χ4n) is 2.04. The Morgan fingerprint density at radius 1 is 1.33 bits per heavy atom. The maximum Gasteiger partial charge on any atom is 0.150 e. The number of nitrogens with one attached hydrogen (secondary N) is 1. The SMILES string of the molecule is CC(O)CC(C)NC1CCS(=O)(=O)CC1. The number of sulfone groups is 1. The topological polar surface area (TPSA) is 66.4 Å². The first kappa shape index (κ1) is 12.9. The predicted molar refractivity (Wildman–Crippen MR) is 60.6 cm³/mol. The molecule has 0 aromatic rings. The third-order valence-electron chi connectivity index (χ3n) is 2.77. The van der Waals surface area contributed by atoms with E-state index in [2.05, 4.69) is 5.32 Å². The smallest absolute Gasteiger partial charge is 0.150 e. The average Bonchev–Trinajstić information content (AvgIpc) is 2.07. The van der Waals surface area contributed by atoms with Gasteiger partial charge in [-0.2, -0.15) is 0 Å². The summed E-state index contributed by atoms with van der Waals surface area (Å²) in [5, 5.41) is 12.6. The molecule has 2 N–H and O–H groups in total. The molecule has 1 saturated heterocycles. The number of rotatable bonds is 4. The Morgan fingerprint density at radius 2 is 1.87 bits per heavy atom. The second kappa shape index (κ2) is 5.27. The van der Waals surface area contributed by atoms with E-state index in [1.165, 1.54) is 0 Å². The lowest BCUT2D eigenvalue weighted by Crippen LogP contribution is -2.42. The lowest BCUT2D eigenvalue weighted by Gasteiger charge is -2.27. The second-order valence-electron chi connectivity index (χ2n) is 4.58. The molecule has 0 spiro atoms. The third kappa shape index (κ3) is 4.95. The van der Waals surface area contributed by atoms with E-state index in [0.29, 0.717) is 36.8 Å². The Bertz CT molecular complexity index is 273. The van der Waals surface area contributed by atoms with Crippen molar-refractivity contribution in [3.63, 3.8) is 0 Å². The van der Waals surface area contributed by atoms with Crippen LogP contribution in [0.2, 0.25) is 0 Å². The van der Waals surface area contributed by atoms with Crippen LogP contribution in [0, 0.1) is 0 Å². The fraction of sp³-hybridized carbons (Fsp3) is 1.00. The molecular weight excluding hydrogens is 214 g/mol. The van der Waals surface area contributed by atoms with Gasteiger partial charge >= 0.3 is 0 Å². The molecule has 90 valence electrons. The molecule has 4 nitrogen and oxygen atoms in total. The Balaban J connectivity index is 2.29. The van der Waals surface area contributed by atoms with Gasteiger partial charge in [0.05, 0.1) is 17.6 Å². The molecule has 1 heterocycles. The summed E-state index contributed by atoms with van der Waals surface area (Å²) in [6, 6.07) is 0.540. The molecule has 1 fully saturated rings. The van der Waals surface area contributed by atoms with E-state index in [4.69, 9.17) is 0 Å². The minimum absolute atomic E-state index is 0.246. The first-order chi connectivity index (χ1) is 6.89. The molecule has 0 aliphatic carbocycles. The third-order valence-corrected chi connectivity index (χ3v) is 4.48. The van der Waals surface area contributed by atoms with Crippen molar-refractivity contribution in [2.75, 3.05) is 11.5 Å². The van der Waals surface area contributed by atoms with Crippen LogP contribution in [0.5, 0.6) is 0 Å². The van der Waals surface area contributed by atoms with Gasteiger partial charge in [0.15, 0.2) is 0 Å². The largest absolute Gasteiger partial charge is 0.393 e. The van der Waals surface area contributed by atoms with E-state index < -0.39 is 9.84 Å². The van der Waals surface area contributed by atoms with Gasteiger partial charge in [-0.15, -0.1) is 0 Å². The predicted octanol–water partition coefficient (Wildman–Crippen LogP) is 0.313. The van der Waals surface area contributed by atoms with E-state index in [-0.39, 0.29) is 12.1 Å². The quantitative estimate of drug-likeness (QED) is 0.736. The van der Waals surface area contributed by atoms with Crippen molar-refractivity contribution in [3.8, 4) is 0 Å². The summed E-state index contributed by atoms with van der Waals surface area (Å²) in [6.07, 6.45) is 1.81. The lowest BCUT2D eigenvalue weighted by atomic mass is 10.1. The molecule has 5 heteroatoms. The van der Waals surface area contributed by atoms with Crippen molar-refractivity contribution in [3.05, 3.63) is 0 Å². The highest BCUT2D eigenvalue weighted by Gasteiger charge is 2.24. The Morgan fingerprint density at radius 3 is 2.33 bits per heavy atom. The zero-order valence-electron chi connectivity index (χ0n) is 9.44. The molecule has 0 saturated carbocycles. The maximum absolute atomic E-state index is 11.2. The summed E-state index contributed by atoms with van der Waals surface area (Å²) in [6.45, 7) is 3.79. The molecule has 2 unspecified atom stereocenters. The fourth-order valence-corrected chi connectivity index (χ4v) is 3.53. The minimum Gasteiger partial charge on any atom is -0.393 e. The van der Waals surface area contributed by atoms with Crippen LogP contribution in [0.1, 0.15) is 33.1 Å². The van der Waals surface area contributed by atoms with Gasteiger partial charge in [0.25, 0.3) is 0 Å². The number of hydrogen-bond donors (Lipinski definition) is 2. The molecule has 1 aliphatic rings. The molecule has 0 aromatic carbocycles. The zero-order valence-corrected chi connectivity index (χ0v) is 10.3. The van der Waals surface area contributed by atoms with Gasteiger partial charge in [-0.25, -0.2) is 8.42 Å². The van der Waals surface area contributed by atoms with Crippen LogP contribution in [0.25, 0.3) is 0 Å². The summed E-state index contributed by atoms with van der Waals surface area (Å²) in [5.41, 5.74) is 0. The minimum atomic E-state index is -2.76. The van der Waals surface area contributed by atoms with Crippen LogP contribution in [0.15, 0.2) is 0 Å². The number of aliphatic hydroxyl groups excluding tert-OH is 1. The Kier molecular flexibility index (Phi) is 4.55. The summed E-state index contributed by atoms with van der Waals surface area (Å²) >= 11 is 0. The van der Waals surface area contributed by atoms with Gasteiger partial charge < -0.3 is 10.4 Å². The molecule has 15 heavy (non-hydrogen) atoms. The summed E-state index contributed by atoms with van der Waals surface area (Å²) in [5.74, 6) is 0.595. The molecular formula is C10H21NO3S. The molecule has 1 rings (SSSR count). The number of aliphatic hydroxyl groups is 1. The standard InChI is InChI=1S/C10H21NO3S/c1-8(7-9(2)12)11-10-3-5-15(13,14)6-4-10/h8-12H,3-7H2,1-2H3. The van der Waals surface area contributed by atoms with Crippen LogP contribution >= 0.6 is 0 Å². The Labute approximate surface area is 92.0 Å². The molecule has 0 bridgehead atoms. The van der Waals surface area contributed by atoms with Crippen LogP contribution in [0.3, 0.4) is 0 Å². The first-order valence-corrected chi connectivity index (χ1v) is 7.36. The van der Waals surface area contributed by atoms with Crippen molar-refractivity contribution in [2.24, 2.45) is 0 Å². The highest BCUT2D eigenvalue weighted by atomic mass is 32.2. The van der Waals surface area contributed by atoms with Gasteiger partial charge in [-0.05, 0) is 33.1 Å². The monoisotopic (exact) mass is 235 g/mol. The molecule has 0 radical (unpaired) electrons. The summed E-state index contributed by atoms with van der Waals surface area (Å²) in [4.78, 5) is 0. The van der Waals surface area contributed by atoms with E-state index in [0.717, 1.165) is 0 Å². The maximum atomic E-state index is 11.2. The Hall–Kier alpha value is -0.130. The highest BCUT2D eigenvalue weighted by molar-refractivity contribution is 7.91. The van der Waals surface area contributed by atoms with Crippen LogP contribution in [-0.2, 0) is 9.84 Å². The highest BCUT2D eigenvalue weighted by Crippen LogP contribution is 2.13. The van der Waals surface area contributed by atoms with Gasteiger partial charge in [-0.1, -0.05) is 0 Å². The second-order valence-corrected chi connectivity index (χ2v) is 6.88. The van der Waals surface area contributed by atoms with E-state index >= 15 is 0 Å². The van der Waals surface area contributed by atoms with E-state index in [1.807, 2.05) is 6.92 Å². The van der Waals surface area contributed by atoms with Crippen LogP contribution < -0.4 is 5.32 Å². The van der Waals surface area contributed by atoms with Gasteiger partial charge in [0.2, 0.25) is 0 Å². The molecule has 2 atom stereocenters. The van der Waals surface area contributed by atoms with E-state index in [1.54, 1.807) is 6.92 Å². The first-order valence-electron chi connectivity index (χ1n) is 5.53. The van der Waals surface area contributed by atoms with Crippen LogP contribution in [-0.4, -0.2) is 43.2 Å². The van der Waals surface area contributed by atoms with Gasteiger partial charge in [-0.3, -0.25) is 0 Å². The van der Waals surface area contributed by atoms with Gasteiger partial charge in [0, 0.05) is 12.1 Å². The summed E-state index contributed by atoms with van der Waals surface area (Å²) < 4.78 is 22.4. The van der Waals surface area contributed by atoms with Crippen LogP contribution in [0.4, 0.5) is 0 Å². The normalized spacial score (nSPS) is 26.1. The van der Waals surface area contributed by atoms with E-state index in [9.17, 15) is 13.5 Å². The molecule has 0 aromatic heterocycles. The average molecular weight is 235 g/mol.